The second-order valence-corrected chi connectivity index (χ2v) is 4.39. The Labute approximate surface area is 118 Å². The van der Waals surface area contributed by atoms with Gasteiger partial charge in [0, 0.05) is 44.3 Å². The number of hydrogen-bond donors (Lipinski definition) is 3. The molecule has 2 heterocycles. The molecule has 2 rings (SSSR count). The van der Waals surface area contributed by atoms with E-state index >= 15 is 0 Å². The van der Waals surface area contributed by atoms with Gasteiger partial charge in [-0.2, -0.15) is 0 Å². The standard InChI is InChI=1S/C14H19N5O/c1-2-5-16-12-3-6-15-10-11(12)14(20)19-7-4-13-17-8-9-18-13/h3,6,8-10H,2,4-5,7H2,1H3,(H,15,16)(H,17,18)(H,19,20). The molecule has 0 aromatic carbocycles. The zero-order valence-corrected chi connectivity index (χ0v) is 11.5. The molecule has 2 aromatic heterocycles. The number of pyridine rings is 1. The Bertz CT molecular complexity index is 538. The van der Waals surface area contributed by atoms with E-state index in [-0.39, 0.29) is 5.91 Å². The van der Waals surface area contributed by atoms with E-state index in [0.717, 1.165) is 24.5 Å². The number of H-pyrrole nitrogens is 1. The number of aromatic amines is 1. The van der Waals surface area contributed by atoms with Crippen LogP contribution in [0.5, 0.6) is 0 Å². The second-order valence-electron chi connectivity index (χ2n) is 4.39. The largest absolute Gasteiger partial charge is 0.384 e. The van der Waals surface area contributed by atoms with Gasteiger partial charge in [0.05, 0.1) is 11.3 Å². The Morgan fingerprint density at radius 3 is 3.00 bits per heavy atom. The normalized spacial score (nSPS) is 10.2. The first-order valence-electron chi connectivity index (χ1n) is 6.75. The van der Waals surface area contributed by atoms with Crippen molar-refractivity contribution < 1.29 is 4.79 Å². The van der Waals surface area contributed by atoms with Crippen LogP contribution in [-0.2, 0) is 6.42 Å². The molecule has 0 aliphatic heterocycles. The number of nitrogens with one attached hydrogen (secondary N) is 3. The Balaban J connectivity index is 1.91. The maximum absolute atomic E-state index is 12.1. The molecule has 0 radical (unpaired) electrons. The molecule has 2 aromatic rings. The van der Waals surface area contributed by atoms with Gasteiger partial charge in [-0.05, 0) is 12.5 Å². The van der Waals surface area contributed by atoms with Gasteiger partial charge in [-0.25, -0.2) is 4.98 Å². The van der Waals surface area contributed by atoms with Gasteiger partial charge in [-0.15, -0.1) is 0 Å². The van der Waals surface area contributed by atoms with E-state index < -0.39 is 0 Å². The van der Waals surface area contributed by atoms with E-state index in [1.807, 2.05) is 6.07 Å². The van der Waals surface area contributed by atoms with Crippen LogP contribution in [0.4, 0.5) is 5.69 Å². The van der Waals surface area contributed by atoms with Crippen LogP contribution in [0.15, 0.2) is 30.9 Å². The van der Waals surface area contributed by atoms with E-state index in [4.69, 9.17) is 0 Å². The molecule has 0 saturated heterocycles. The lowest BCUT2D eigenvalue weighted by atomic mass is 10.2. The minimum absolute atomic E-state index is 0.122. The van der Waals surface area contributed by atoms with Crippen molar-refractivity contribution in [1.82, 2.24) is 20.3 Å². The molecule has 0 spiro atoms. The van der Waals surface area contributed by atoms with Crippen molar-refractivity contribution in [1.29, 1.82) is 0 Å². The highest BCUT2D eigenvalue weighted by molar-refractivity contribution is 5.99. The number of amides is 1. The van der Waals surface area contributed by atoms with Crippen molar-refractivity contribution >= 4 is 11.6 Å². The van der Waals surface area contributed by atoms with Gasteiger partial charge in [0.1, 0.15) is 5.82 Å². The molecule has 20 heavy (non-hydrogen) atoms. The molecule has 0 saturated carbocycles. The number of anilines is 1. The topological polar surface area (TPSA) is 82.7 Å². The van der Waals surface area contributed by atoms with Crippen LogP contribution in [0.3, 0.4) is 0 Å². The van der Waals surface area contributed by atoms with Gasteiger partial charge in [-0.3, -0.25) is 9.78 Å². The molecule has 0 atom stereocenters. The summed E-state index contributed by atoms with van der Waals surface area (Å²) in [4.78, 5) is 23.3. The molecular formula is C14H19N5O. The van der Waals surface area contributed by atoms with Gasteiger partial charge < -0.3 is 15.6 Å². The first-order chi connectivity index (χ1) is 9.81. The van der Waals surface area contributed by atoms with E-state index in [1.54, 1.807) is 24.8 Å². The number of aromatic nitrogens is 3. The molecule has 0 aliphatic carbocycles. The highest BCUT2D eigenvalue weighted by atomic mass is 16.1. The van der Waals surface area contributed by atoms with Gasteiger partial charge in [0.15, 0.2) is 0 Å². The number of rotatable bonds is 7. The van der Waals surface area contributed by atoms with E-state index in [9.17, 15) is 4.79 Å². The third kappa shape index (κ3) is 3.81. The number of nitrogens with zero attached hydrogens (tertiary/aromatic N) is 2. The predicted octanol–water partition coefficient (Wildman–Crippen LogP) is 1.60. The summed E-state index contributed by atoms with van der Waals surface area (Å²) in [5.41, 5.74) is 1.39. The molecular weight excluding hydrogens is 254 g/mol. The summed E-state index contributed by atoms with van der Waals surface area (Å²) in [6.07, 6.45) is 8.41. The average molecular weight is 273 g/mol. The fraction of sp³-hybridized carbons (Fsp3) is 0.357. The highest BCUT2D eigenvalue weighted by Crippen LogP contribution is 2.13. The number of hydrogen-bond acceptors (Lipinski definition) is 4. The van der Waals surface area contributed by atoms with Crippen LogP contribution in [0.25, 0.3) is 0 Å². The summed E-state index contributed by atoms with van der Waals surface area (Å²) in [5, 5.41) is 6.10. The second kappa shape index (κ2) is 7.28. The molecule has 3 N–H and O–H groups in total. The van der Waals surface area contributed by atoms with Crippen molar-refractivity contribution in [2.24, 2.45) is 0 Å². The molecule has 0 aliphatic rings. The van der Waals surface area contributed by atoms with E-state index in [0.29, 0.717) is 18.5 Å². The molecule has 0 fully saturated rings. The molecule has 6 nitrogen and oxygen atoms in total. The van der Waals surface area contributed by atoms with Gasteiger partial charge in [0.2, 0.25) is 0 Å². The molecule has 106 valence electrons. The summed E-state index contributed by atoms with van der Waals surface area (Å²) >= 11 is 0. The van der Waals surface area contributed by atoms with Crippen LogP contribution in [0, 0.1) is 0 Å². The fourth-order valence-electron chi connectivity index (χ4n) is 1.81. The van der Waals surface area contributed by atoms with E-state index in [2.05, 4.69) is 32.5 Å². The average Bonchev–Trinajstić information content (AvgIpc) is 2.98. The molecule has 0 bridgehead atoms. The Morgan fingerprint density at radius 2 is 2.25 bits per heavy atom. The lowest BCUT2D eigenvalue weighted by Gasteiger charge is -2.10. The smallest absolute Gasteiger partial charge is 0.254 e. The quantitative estimate of drug-likeness (QED) is 0.715. The zero-order valence-electron chi connectivity index (χ0n) is 11.5. The van der Waals surface area contributed by atoms with Crippen molar-refractivity contribution in [2.75, 3.05) is 18.4 Å². The van der Waals surface area contributed by atoms with Crippen LogP contribution >= 0.6 is 0 Å². The van der Waals surface area contributed by atoms with Crippen LogP contribution in [-0.4, -0.2) is 33.9 Å². The Kier molecular flexibility index (Phi) is 5.11. The van der Waals surface area contributed by atoms with Gasteiger partial charge >= 0.3 is 0 Å². The predicted molar refractivity (Wildman–Crippen MR) is 77.6 cm³/mol. The summed E-state index contributed by atoms with van der Waals surface area (Å²) in [7, 11) is 0. The van der Waals surface area contributed by atoms with Crippen molar-refractivity contribution in [2.45, 2.75) is 19.8 Å². The van der Waals surface area contributed by atoms with Crippen molar-refractivity contribution in [3.63, 3.8) is 0 Å². The number of imidazole rings is 1. The summed E-state index contributed by atoms with van der Waals surface area (Å²) in [6, 6.07) is 1.82. The molecule has 1 amide bonds. The minimum Gasteiger partial charge on any atom is -0.384 e. The third-order valence-electron chi connectivity index (χ3n) is 2.83. The SMILES string of the molecule is CCCNc1ccncc1C(=O)NCCc1ncc[nH]1. The zero-order chi connectivity index (χ0) is 14.2. The maximum Gasteiger partial charge on any atom is 0.254 e. The third-order valence-corrected chi connectivity index (χ3v) is 2.83. The van der Waals surface area contributed by atoms with Gasteiger partial charge in [-0.1, -0.05) is 6.92 Å². The Morgan fingerprint density at radius 1 is 1.35 bits per heavy atom. The Hall–Kier alpha value is -2.37. The first-order valence-corrected chi connectivity index (χ1v) is 6.75. The highest BCUT2D eigenvalue weighted by Gasteiger charge is 2.10. The van der Waals surface area contributed by atoms with Crippen molar-refractivity contribution in [3.05, 3.63) is 42.2 Å². The summed E-state index contributed by atoms with van der Waals surface area (Å²) in [6.45, 7) is 3.45. The molecule has 6 heteroatoms. The van der Waals surface area contributed by atoms with Crippen LogP contribution < -0.4 is 10.6 Å². The first kappa shape index (κ1) is 14.0. The van der Waals surface area contributed by atoms with Crippen LogP contribution in [0.1, 0.15) is 29.5 Å². The maximum atomic E-state index is 12.1. The lowest BCUT2D eigenvalue weighted by molar-refractivity contribution is 0.0954. The minimum atomic E-state index is -0.122. The van der Waals surface area contributed by atoms with Gasteiger partial charge in [0.25, 0.3) is 5.91 Å². The monoisotopic (exact) mass is 273 g/mol. The van der Waals surface area contributed by atoms with Crippen LogP contribution in [0.2, 0.25) is 0 Å². The molecule has 0 unspecified atom stereocenters. The fourth-order valence-corrected chi connectivity index (χ4v) is 1.81. The summed E-state index contributed by atoms with van der Waals surface area (Å²) in [5.74, 6) is 0.740. The van der Waals surface area contributed by atoms with Crippen molar-refractivity contribution in [3.8, 4) is 0 Å². The number of carbonyl (C=O) groups is 1. The van der Waals surface area contributed by atoms with E-state index in [1.165, 1.54) is 0 Å². The number of carbonyl (C=O) groups excluding carboxylic acids is 1. The summed E-state index contributed by atoms with van der Waals surface area (Å²) < 4.78 is 0. The lowest BCUT2D eigenvalue weighted by Crippen LogP contribution is -2.27.